The van der Waals surface area contributed by atoms with Crippen molar-refractivity contribution in [2.75, 3.05) is 36.4 Å². The highest BCUT2D eigenvalue weighted by Crippen LogP contribution is 2.39. The van der Waals surface area contributed by atoms with Crippen molar-refractivity contribution in [2.45, 2.75) is 58.2 Å². The van der Waals surface area contributed by atoms with Gasteiger partial charge in [0.15, 0.2) is 5.65 Å². The van der Waals surface area contributed by atoms with E-state index in [0.717, 1.165) is 24.9 Å². The first kappa shape index (κ1) is 27.0. The fourth-order valence-electron chi connectivity index (χ4n) is 5.17. The van der Waals surface area contributed by atoms with Crippen molar-refractivity contribution in [3.05, 3.63) is 53.1 Å². The van der Waals surface area contributed by atoms with E-state index in [0.29, 0.717) is 41.8 Å². The highest BCUT2D eigenvalue weighted by atomic mass is 35.5. The zero-order valence-corrected chi connectivity index (χ0v) is 23.3. The molecule has 0 aliphatic carbocycles. The molecule has 1 aromatic carbocycles. The van der Waals surface area contributed by atoms with Gasteiger partial charge in [0.1, 0.15) is 22.9 Å². The van der Waals surface area contributed by atoms with E-state index in [9.17, 15) is 14.0 Å². The predicted octanol–water partition coefficient (Wildman–Crippen LogP) is 5.34. The van der Waals surface area contributed by atoms with Crippen LogP contribution in [0.3, 0.4) is 0 Å². The lowest BCUT2D eigenvalue weighted by atomic mass is 10.0. The Labute approximate surface area is 231 Å². The summed E-state index contributed by atoms with van der Waals surface area (Å²) in [5.74, 6) is 0.368. The van der Waals surface area contributed by atoms with Crippen molar-refractivity contribution in [2.24, 2.45) is 0 Å². The van der Waals surface area contributed by atoms with Gasteiger partial charge in [-0.1, -0.05) is 11.6 Å². The van der Waals surface area contributed by atoms with E-state index in [4.69, 9.17) is 21.3 Å². The van der Waals surface area contributed by atoms with Crippen molar-refractivity contribution in [3.63, 3.8) is 0 Å². The average Bonchev–Trinajstić information content (AvgIpc) is 3.51. The van der Waals surface area contributed by atoms with Crippen LogP contribution >= 0.6 is 11.6 Å². The van der Waals surface area contributed by atoms with Gasteiger partial charge in [-0.15, -0.1) is 0 Å². The Morgan fingerprint density at radius 1 is 1.18 bits per heavy atom. The summed E-state index contributed by atoms with van der Waals surface area (Å²) in [6.07, 6.45) is 4.72. The van der Waals surface area contributed by atoms with Gasteiger partial charge in [0.2, 0.25) is 0 Å². The first-order valence-corrected chi connectivity index (χ1v) is 13.5. The molecule has 208 valence electrons. The molecule has 10 nitrogen and oxygen atoms in total. The lowest BCUT2D eigenvalue weighted by molar-refractivity contribution is 0.00589. The van der Waals surface area contributed by atoms with E-state index in [1.807, 2.05) is 33.8 Å². The van der Waals surface area contributed by atoms with Crippen LogP contribution in [0.1, 0.15) is 52.1 Å². The van der Waals surface area contributed by atoms with Gasteiger partial charge in [-0.05, 0) is 70.4 Å². The third kappa shape index (κ3) is 5.73. The van der Waals surface area contributed by atoms with Crippen LogP contribution in [-0.4, -0.2) is 74.3 Å². The molecule has 2 fully saturated rings. The standard InChI is InChI=1S/C27H33ClFN7O3/c1-17-16-33(12-13-34(17)26(38)39-27(2,3)4)25(37)31-21-15-30-36-11-9-23(32-24(21)36)35-10-5-6-22(35)19-14-18(29)7-8-20(19)28/h7-9,11,14-15,17,22H,5-6,10,12-13,16H2,1-4H3,(H,31,37)/t17?,22-/m1/s1. The number of benzene rings is 1. The molecule has 0 saturated carbocycles. The predicted molar refractivity (Wildman–Crippen MR) is 147 cm³/mol. The second-order valence-electron chi connectivity index (χ2n) is 11.0. The van der Waals surface area contributed by atoms with Gasteiger partial charge in [-0.3, -0.25) is 0 Å². The largest absolute Gasteiger partial charge is 0.444 e. The summed E-state index contributed by atoms with van der Waals surface area (Å²) in [5, 5.41) is 7.79. The van der Waals surface area contributed by atoms with Crippen molar-refractivity contribution < 1.29 is 18.7 Å². The minimum absolute atomic E-state index is 0.105. The minimum Gasteiger partial charge on any atom is -0.444 e. The van der Waals surface area contributed by atoms with Crippen LogP contribution in [0.4, 0.5) is 25.5 Å². The van der Waals surface area contributed by atoms with Crippen molar-refractivity contribution in [1.29, 1.82) is 0 Å². The van der Waals surface area contributed by atoms with Crippen molar-refractivity contribution >= 4 is 40.9 Å². The minimum atomic E-state index is -0.584. The number of piperazine rings is 1. The second kappa shape index (κ2) is 10.5. The van der Waals surface area contributed by atoms with Crippen molar-refractivity contribution in [1.82, 2.24) is 24.4 Å². The molecule has 2 atom stereocenters. The first-order chi connectivity index (χ1) is 18.5. The molecule has 0 bridgehead atoms. The number of aromatic nitrogens is 3. The molecule has 2 saturated heterocycles. The molecule has 12 heteroatoms. The number of carbonyl (C=O) groups excluding carboxylic acids is 2. The fraction of sp³-hybridized carbons (Fsp3) is 0.481. The molecule has 0 spiro atoms. The molecule has 2 aliphatic rings. The van der Waals surface area contributed by atoms with E-state index in [1.165, 1.54) is 12.1 Å². The summed E-state index contributed by atoms with van der Waals surface area (Å²) in [4.78, 5) is 35.9. The molecule has 3 amide bonds. The zero-order chi connectivity index (χ0) is 27.9. The van der Waals surface area contributed by atoms with Gasteiger partial charge in [0.25, 0.3) is 0 Å². The van der Waals surface area contributed by atoms with Gasteiger partial charge < -0.3 is 24.8 Å². The maximum atomic E-state index is 14.0. The Morgan fingerprint density at radius 2 is 1.97 bits per heavy atom. The summed E-state index contributed by atoms with van der Waals surface area (Å²) >= 11 is 6.42. The molecular formula is C27H33ClFN7O3. The van der Waals surface area contributed by atoms with Crippen LogP contribution < -0.4 is 10.2 Å². The van der Waals surface area contributed by atoms with Gasteiger partial charge in [0, 0.05) is 43.4 Å². The Morgan fingerprint density at radius 3 is 2.72 bits per heavy atom. The summed E-state index contributed by atoms with van der Waals surface area (Å²) in [5.41, 5.74) is 1.12. The number of urea groups is 1. The van der Waals surface area contributed by atoms with Crippen LogP contribution in [0.25, 0.3) is 5.65 Å². The molecule has 5 rings (SSSR count). The number of hydrogen-bond donors (Lipinski definition) is 1. The number of nitrogens with zero attached hydrogens (tertiary/aromatic N) is 6. The number of anilines is 2. The number of amides is 3. The number of hydrogen-bond acceptors (Lipinski definition) is 6. The van der Waals surface area contributed by atoms with E-state index in [-0.39, 0.29) is 30.0 Å². The van der Waals surface area contributed by atoms with Crippen LogP contribution in [0.2, 0.25) is 5.02 Å². The number of nitrogens with one attached hydrogen (secondary N) is 1. The number of fused-ring (bicyclic) bond motifs is 1. The molecule has 39 heavy (non-hydrogen) atoms. The lowest BCUT2D eigenvalue weighted by Gasteiger charge is -2.40. The van der Waals surface area contributed by atoms with Crippen LogP contribution in [-0.2, 0) is 4.74 Å². The first-order valence-electron chi connectivity index (χ1n) is 13.1. The number of rotatable bonds is 3. The van der Waals surface area contributed by atoms with E-state index < -0.39 is 5.60 Å². The molecular weight excluding hydrogens is 525 g/mol. The quantitative estimate of drug-likeness (QED) is 0.467. The van der Waals surface area contributed by atoms with Crippen LogP contribution in [0, 0.1) is 5.82 Å². The molecule has 2 aromatic heterocycles. The summed E-state index contributed by atoms with van der Waals surface area (Å²) in [6, 6.07) is 5.68. The third-order valence-electron chi connectivity index (χ3n) is 7.00. The topological polar surface area (TPSA) is 95.3 Å². The van der Waals surface area contributed by atoms with Crippen molar-refractivity contribution in [3.8, 4) is 0 Å². The monoisotopic (exact) mass is 557 g/mol. The maximum Gasteiger partial charge on any atom is 0.410 e. The molecule has 2 aliphatic heterocycles. The van der Waals surface area contributed by atoms with Gasteiger partial charge in [0.05, 0.1) is 12.2 Å². The number of carbonyl (C=O) groups is 2. The van der Waals surface area contributed by atoms with E-state index in [1.54, 1.807) is 32.8 Å². The van der Waals surface area contributed by atoms with Gasteiger partial charge >= 0.3 is 12.1 Å². The smallest absolute Gasteiger partial charge is 0.410 e. The van der Waals surface area contributed by atoms with Crippen LogP contribution in [0.15, 0.2) is 36.7 Å². The Bertz CT molecular complexity index is 1390. The highest BCUT2D eigenvalue weighted by molar-refractivity contribution is 6.31. The summed E-state index contributed by atoms with van der Waals surface area (Å²) < 4.78 is 21.1. The highest BCUT2D eigenvalue weighted by Gasteiger charge is 2.33. The third-order valence-corrected chi connectivity index (χ3v) is 7.35. The van der Waals surface area contributed by atoms with Gasteiger partial charge in [-0.2, -0.15) is 5.10 Å². The Hall–Kier alpha value is -3.60. The van der Waals surface area contributed by atoms with Crippen LogP contribution in [0.5, 0.6) is 0 Å². The second-order valence-corrected chi connectivity index (χ2v) is 11.4. The molecule has 4 heterocycles. The van der Waals surface area contributed by atoms with E-state index in [2.05, 4.69) is 15.3 Å². The summed E-state index contributed by atoms with van der Waals surface area (Å²) in [7, 11) is 0. The average molecular weight is 558 g/mol. The maximum absolute atomic E-state index is 14.0. The molecule has 1 N–H and O–H groups in total. The van der Waals surface area contributed by atoms with E-state index >= 15 is 0 Å². The Kier molecular flexibility index (Phi) is 7.28. The SMILES string of the molecule is CC1CN(C(=O)Nc2cnn3ccc(N4CCC[C@@H]4c4cc(F)ccc4Cl)nc23)CCN1C(=O)OC(C)(C)C. The molecule has 1 unspecified atom stereocenters. The number of ether oxygens (including phenoxy) is 1. The Balaban J connectivity index is 1.30. The zero-order valence-electron chi connectivity index (χ0n) is 22.5. The summed E-state index contributed by atoms with van der Waals surface area (Å²) in [6.45, 7) is 9.24. The normalized spacial score (nSPS) is 20.0. The number of halogens is 2. The molecule has 3 aromatic rings. The lowest BCUT2D eigenvalue weighted by Crippen LogP contribution is -2.57. The van der Waals surface area contributed by atoms with Gasteiger partial charge in [-0.25, -0.2) is 23.5 Å². The fourth-order valence-corrected chi connectivity index (χ4v) is 5.41. The molecule has 0 radical (unpaired) electrons.